The monoisotopic (exact) mass is 139 g/mol. The molecule has 1 unspecified atom stereocenters. The van der Waals surface area contributed by atoms with Crippen molar-refractivity contribution in [1.29, 1.82) is 5.26 Å². The number of rotatable bonds is 3. The third-order valence-corrected chi connectivity index (χ3v) is 2.33. The number of nitriles is 1. The lowest BCUT2D eigenvalue weighted by Crippen LogP contribution is -2.29. The van der Waals surface area contributed by atoms with Crippen LogP contribution >= 0.6 is 0 Å². The average molecular weight is 139 g/mol. The second-order valence-electron chi connectivity index (χ2n) is 3.07. The molecule has 0 radical (unpaired) electrons. The predicted molar refractivity (Wildman–Crippen MR) is 38.2 cm³/mol. The molecule has 1 atom stereocenters. The van der Waals surface area contributed by atoms with Crippen molar-refractivity contribution in [2.45, 2.75) is 38.2 Å². The molecule has 0 spiro atoms. The smallest absolute Gasteiger partial charge is 0.0802 e. The predicted octanol–water partition coefficient (Wildman–Crippen LogP) is 1.45. The fourth-order valence-corrected chi connectivity index (χ4v) is 1.32. The van der Waals surface area contributed by atoms with Crippen molar-refractivity contribution in [3.8, 4) is 6.07 Å². The minimum absolute atomic E-state index is 0.300. The molecule has 2 nitrogen and oxygen atoms in total. The number of nitrogens with zero attached hydrogens (tertiary/aromatic N) is 1. The summed E-state index contributed by atoms with van der Waals surface area (Å²) in [5.74, 6) is 0.414. The molecule has 2 heteroatoms. The molecule has 1 N–H and O–H groups in total. The molecule has 0 bridgehead atoms. The zero-order chi connectivity index (χ0) is 7.61. The van der Waals surface area contributed by atoms with Gasteiger partial charge in [-0.15, -0.1) is 0 Å². The van der Waals surface area contributed by atoms with Crippen LogP contribution in [0.1, 0.15) is 32.6 Å². The molecule has 10 heavy (non-hydrogen) atoms. The van der Waals surface area contributed by atoms with E-state index in [1.807, 2.05) is 13.0 Å². The first kappa shape index (κ1) is 7.56. The van der Waals surface area contributed by atoms with Crippen molar-refractivity contribution in [2.75, 3.05) is 0 Å². The van der Waals surface area contributed by atoms with Crippen LogP contribution in [0.15, 0.2) is 0 Å². The first-order valence-corrected chi connectivity index (χ1v) is 3.82. The third kappa shape index (κ3) is 1.30. The molecule has 0 aromatic rings. The maximum Gasteiger partial charge on any atom is 0.0802 e. The summed E-state index contributed by atoms with van der Waals surface area (Å²) >= 11 is 0. The van der Waals surface area contributed by atoms with Gasteiger partial charge in [0.25, 0.3) is 0 Å². The van der Waals surface area contributed by atoms with Crippen LogP contribution in [0.3, 0.4) is 0 Å². The Bertz CT molecular complexity index is 157. The summed E-state index contributed by atoms with van der Waals surface area (Å²) in [5.41, 5.74) is -0.658. The van der Waals surface area contributed by atoms with Gasteiger partial charge in [0.15, 0.2) is 0 Å². The first-order valence-electron chi connectivity index (χ1n) is 3.82. The lowest BCUT2D eigenvalue weighted by atomic mass is 9.92. The molecule has 0 amide bonds. The Morgan fingerprint density at radius 3 is 2.60 bits per heavy atom. The van der Waals surface area contributed by atoms with Crippen molar-refractivity contribution in [2.24, 2.45) is 5.92 Å². The number of aliphatic hydroxyl groups is 1. The summed E-state index contributed by atoms with van der Waals surface area (Å²) in [4.78, 5) is 0. The van der Waals surface area contributed by atoms with E-state index in [2.05, 4.69) is 0 Å². The fourth-order valence-electron chi connectivity index (χ4n) is 1.32. The standard InChI is InChI=1S/C8H13NO/c1-2-8(10,5-6-9)7-3-4-7/h7,10H,2-5H2,1H3. The first-order chi connectivity index (χ1) is 4.73. The Morgan fingerprint density at radius 1 is 1.70 bits per heavy atom. The van der Waals surface area contributed by atoms with E-state index in [0.29, 0.717) is 18.8 Å². The Labute approximate surface area is 61.5 Å². The van der Waals surface area contributed by atoms with Gasteiger partial charge >= 0.3 is 0 Å². The maximum atomic E-state index is 9.74. The summed E-state index contributed by atoms with van der Waals surface area (Å²) in [7, 11) is 0. The lowest BCUT2D eigenvalue weighted by Gasteiger charge is -2.22. The van der Waals surface area contributed by atoms with E-state index in [-0.39, 0.29) is 0 Å². The molecule has 1 rings (SSSR count). The molecule has 56 valence electrons. The van der Waals surface area contributed by atoms with E-state index in [4.69, 9.17) is 5.26 Å². The van der Waals surface area contributed by atoms with Gasteiger partial charge in [0, 0.05) is 0 Å². The zero-order valence-electron chi connectivity index (χ0n) is 6.30. The van der Waals surface area contributed by atoms with Gasteiger partial charge in [-0.2, -0.15) is 5.26 Å². The number of hydrogen-bond donors (Lipinski definition) is 1. The lowest BCUT2D eigenvalue weighted by molar-refractivity contribution is 0.0182. The summed E-state index contributed by atoms with van der Waals surface area (Å²) in [6, 6.07) is 2.03. The Morgan fingerprint density at radius 2 is 2.30 bits per heavy atom. The summed E-state index contributed by atoms with van der Waals surface area (Å²) < 4.78 is 0. The molecule has 1 saturated carbocycles. The van der Waals surface area contributed by atoms with Crippen LogP contribution in [0.25, 0.3) is 0 Å². The van der Waals surface area contributed by atoms with E-state index in [1.54, 1.807) is 0 Å². The van der Waals surface area contributed by atoms with Gasteiger partial charge in [-0.3, -0.25) is 0 Å². The highest BCUT2D eigenvalue weighted by atomic mass is 16.3. The van der Waals surface area contributed by atoms with E-state index in [0.717, 1.165) is 12.8 Å². The molecule has 0 saturated heterocycles. The largest absolute Gasteiger partial charge is 0.389 e. The van der Waals surface area contributed by atoms with Crippen LogP contribution in [0.5, 0.6) is 0 Å². The summed E-state index contributed by atoms with van der Waals surface area (Å²) in [6.07, 6.45) is 3.22. The molecule has 1 aliphatic rings. The molecule has 0 aromatic heterocycles. The van der Waals surface area contributed by atoms with Crippen LogP contribution < -0.4 is 0 Å². The highest BCUT2D eigenvalue weighted by Crippen LogP contribution is 2.43. The topological polar surface area (TPSA) is 44.0 Å². The Hall–Kier alpha value is -0.550. The third-order valence-electron chi connectivity index (χ3n) is 2.33. The van der Waals surface area contributed by atoms with Crippen LogP contribution in [0.4, 0.5) is 0 Å². The molecule has 0 aromatic carbocycles. The molecule has 1 aliphatic carbocycles. The zero-order valence-corrected chi connectivity index (χ0v) is 6.30. The second-order valence-corrected chi connectivity index (χ2v) is 3.07. The van der Waals surface area contributed by atoms with Crippen molar-refractivity contribution < 1.29 is 5.11 Å². The van der Waals surface area contributed by atoms with E-state index in [9.17, 15) is 5.11 Å². The van der Waals surface area contributed by atoms with Crippen molar-refractivity contribution in [3.05, 3.63) is 0 Å². The van der Waals surface area contributed by atoms with Crippen LogP contribution in [0.2, 0.25) is 0 Å². The molecular weight excluding hydrogens is 126 g/mol. The van der Waals surface area contributed by atoms with Crippen LogP contribution in [-0.4, -0.2) is 10.7 Å². The van der Waals surface area contributed by atoms with Gasteiger partial charge in [0.2, 0.25) is 0 Å². The quantitative estimate of drug-likeness (QED) is 0.643. The van der Waals surface area contributed by atoms with Gasteiger partial charge in [0.05, 0.1) is 18.1 Å². The van der Waals surface area contributed by atoms with Gasteiger partial charge in [-0.05, 0) is 25.2 Å². The second kappa shape index (κ2) is 2.59. The SMILES string of the molecule is CCC(O)(CC#N)C1CC1. The van der Waals surface area contributed by atoms with Crippen LogP contribution in [-0.2, 0) is 0 Å². The number of hydrogen-bond acceptors (Lipinski definition) is 2. The molecular formula is C8H13NO. The van der Waals surface area contributed by atoms with Gasteiger partial charge in [-0.1, -0.05) is 6.92 Å². The van der Waals surface area contributed by atoms with Crippen molar-refractivity contribution in [3.63, 3.8) is 0 Å². The average Bonchev–Trinajstić information content (AvgIpc) is 2.69. The minimum Gasteiger partial charge on any atom is -0.389 e. The van der Waals surface area contributed by atoms with Gasteiger partial charge in [0.1, 0.15) is 0 Å². The molecule has 1 fully saturated rings. The molecule has 0 heterocycles. The van der Waals surface area contributed by atoms with Gasteiger partial charge in [-0.25, -0.2) is 0 Å². The van der Waals surface area contributed by atoms with Crippen molar-refractivity contribution >= 4 is 0 Å². The fraction of sp³-hybridized carbons (Fsp3) is 0.875. The summed E-state index contributed by atoms with van der Waals surface area (Å²) in [5, 5.41) is 18.1. The van der Waals surface area contributed by atoms with E-state index < -0.39 is 5.60 Å². The van der Waals surface area contributed by atoms with Crippen molar-refractivity contribution in [1.82, 2.24) is 0 Å². The maximum absolute atomic E-state index is 9.74. The van der Waals surface area contributed by atoms with Gasteiger partial charge < -0.3 is 5.11 Å². The highest BCUT2D eigenvalue weighted by Gasteiger charge is 2.41. The Kier molecular flexibility index (Phi) is 1.96. The minimum atomic E-state index is -0.658. The Balaban J connectivity index is 2.49. The summed E-state index contributed by atoms with van der Waals surface area (Å²) in [6.45, 7) is 1.94. The highest BCUT2D eigenvalue weighted by molar-refractivity contribution is 4.98. The van der Waals surface area contributed by atoms with E-state index in [1.165, 1.54) is 0 Å². The normalized spacial score (nSPS) is 23.3. The molecule has 0 aliphatic heterocycles. The van der Waals surface area contributed by atoms with E-state index >= 15 is 0 Å². The van der Waals surface area contributed by atoms with Crippen LogP contribution in [0, 0.1) is 17.2 Å².